The lowest BCUT2D eigenvalue weighted by Gasteiger charge is -2.18. The van der Waals surface area contributed by atoms with Gasteiger partial charge < -0.3 is 5.73 Å². The molecule has 0 aliphatic carbocycles. The number of rotatable bonds is 5. The van der Waals surface area contributed by atoms with Gasteiger partial charge in [0.1, 0.15) is 0 Å². The summed E-state index contributed by atoms with van der Waals surface area (Å²) in [6.07, 6.45) is 0. The third-order valence-electron chi connectivity index (χ3n) is 2.86. The molecular formula is C12H17N3O3. The molecule has 2 unspecified atom stereocenters. The van der Waals surface area contributed by atoms with Gasteiger partial charge in [0.2, 0.25) is 5.91 Å². The van der Waals surface area contributed by atoms with E-state index in [1.54, 1.807) is 26.0 Å². The lowest BCUT2D eigenvalue weighted by Crippen LogP contribution is -2.40. The summed E-state index contributed by atoms with van der Waals surface area (Å²) >= 11 is 0. The Labute approximate surface area is 105 Å². The molecule has 1 rings (SSSR count). The molecule has 18 heavy (non-hydrogen) atoms. The van der Waals surface area contributed by atoms with Crippen LogP contribution in [0.15, 0.2) is 18.2 Å². The Hall–Kier alpha value is -1.95. The van der Waals surface area contributed by atoms with Crippen LogP contribution in [0.5, 0.6) is 0 Å². The highest BCUT2D eigenvalue weighted by Gasteiger charge is 2.17. The van der Waals surface area contributed by atoms with Crippen LogP contribution in [0.4, 0.5) is 5.69 Å². The third kappa shape index (κ3) is 3.27. The summed E-state index contributed by atoms with van der Waals surface area (Å²) in [5, 5.41) is 13.8. The number of benzene rings is 1. The number of hydrogen-bond acceptors (Lipinski definition) is 4. The Bertz CT molecular complexity index is 474. The molecule has 1 amide bonds. The van der Waals surface area contributed by atoms with Crippen molar-refractivity contribution in [2.75, 3.05) is 0 Å². The van der Waals surface area contributed by atoms with E-state index in [2.05, 4.69) is 5.32 Å². The van der Waals surface area contributed by atoms with E-state index in [4.69, 9.17) is 5.73 Å². The van der Waals surface area contributed by atoms with Crippen LogP contribution in [0, 0.1) is 17.0 Å². The van der Waals surface area contributed by atoms with E-state index in [-0.39, 0.29) is 11.7 Å². The first-order valence-corrected chi connectivity index (χ1v) is 5.63. The molecule has 2 atom stereocenters. The molecule has 0 radical (unpaired) electrons. The standard InChI is InChI=1S/C12H17N3O3/c1-7-4-5-10(6-11(7)15(17)18)8(2)14-9(3)12(13)16/h4-6,8-9,14H,1-3H3,(H2,13,16). The Kier molecular flexibility index (Phi) is 4.38. The van der Waals surface area contributed by atoms with E-state index in [0.29, 0.717) is 5.56 Å². The summed E-state index contributed by atoms with van der Waals surface area (Å²) in [6.45, 7) is 5.17. The minimum atomic E-state index is -0.486. The zero-order valence-corrected chi connectivity index (χ0v) is 10.6. The van der Waals surface area contributed by atoms with E-state index in [9.17, 15) is 14.9 Å². The second kappa shape index (κ2) is 5.59. The lowest BCUT2D eigenvalue weighted by molar-refractivity contribution is -0.385. The van der Waals surface area contributed by atoms with Crippen molar-refractivity contribution in [3.63, 3.8) is 0 Å². The molecule has 98 valence electrons. The van der Waals surface area contributed by atoms with Crippen molar-refractivity contribution in [3.05, 3.63) is 39.4 Å². The summed E-state index contributed by atoms with van der Waals surface area (Å²) < 4.78 is 0. The molecule has 0 aliphatic heterocycles. The summed E-state index contributed by atoms with van der Waals surface area (Å²) in [5.74, 6) is -0.455. The first-order valence-electron chi connectivity index (χ1n) is 5.63. The van der Waals surface area contributed by atoms with Gasteiger partial charge in [-0.05, 0) is 26.3 Å². The highest BCUT2D eigenvalue weighted by atomic mass is 16.6. The second-order valence-corrected chi connectivity index (χ2v) is 4.32. The summed E-state index contributed by atoms with van der Waals surface area (Å²) in [6, 6.07) is 4.34. The van der Waals surface area contributed by atoms with Gasteiger partial charge in [-0.25, -0.2) is 0 Å². The number of nitrogens with two attached hydrogens (primary N) is 1. The normalized spacial score (nSPS) is 13.9. The maximum absolute atomic E-state index is 10.9. The minimum absolute atomic E-state index is 0.0767. The van der Waals surface area contributed by atoms with Gasteiger partial charge in [-0.2, -0.15) is 0 Å². The predicted octanol–water partition coefficient (Wildman–Crippen LogP) is 1.43. The van der Waals surface area contributed by atoms with Gasteiger partial charge in [0, 0.05) is 17.7 Å². The molecule has 1 aromatic rings. The van der Waals surface area contributed by atoms with Crippen molar-refractivity contribution in [1.29, 1.82) is 0 Å². The van der Waals surface area contributed by atoms with Gasteiger partial charge in [-0.1, -0.05) is 12.1 Å². The van der Waals surface area contributed by atoms with Crippen LogP contribution in [-0.2, 0) is 4.79 Å². The van der Waals surface area contributed by atoms with Crippen LogP contribution < -0.4 is 11.1 Å². The van der Waals surface area contributed by atoms with Gasteiger partial charge in [-0.3, -0.25) is 20.2 Å². The molecule has 3 N–H and O–H groups in total. The van der Waals surface area contributed by atoms with Crippen molar-refractivity contribution < 1.29 is 9.72 Å². The third-order valence-corrected chi connectivity index (χ3v) is 2.86. The molecule has 0 aliphatic rings. The fraction of sp³-hybridized carbons (Fsp3) is 0.417. The number of carbonyl (C=O) groups excluding carboxylic acids is 1. The van der Waals surface area contributed by atoms with Gasteiger partial charge in [0.25, 0.3) is 5.69 Å². The quantitative estimate of drug-likeness (QED) is 0.610. The van der Waals surface area contributed by atoms with Gasteiger partial charge in [0.05, 0.1) is 11.0 Å². The van der Waals surface area contributed by atoms with Crippen LogP contribution in [0.3, 0.4) is 0 Å². The maximum atomic E-state index is 10.9. The van der Waals surface area contributed by atoms with Crippen molar-refractivity contribution in [3.8, 4) is 0 Å². The molecule has 0 heterocycles. The number of amides is 1. The molecule has 0 spiro atoms. The number of aryl methyl sites for hydroxylation is 1. The van der Waals surface area contributed by atoms with E-state index >= 15 is 0 Å². The highest BCUT2D eigenvalue weighted by molar-refractivity contribution is 5.79. The predicted molar refractivity (Wildman–Crippen MR) is 68.0 cm³/mol. The molecule has 6 heteroatoms. The van der Waals surface area contributed by atoms with E-state index in [1.165, 1.54) is 6.07 Å². The molecule has 0 fully saturated rings. The Morgan fingerprint density at radius 3 is 2.56 bits per heavy atom. The van der Waals surface area contributed by atoms with Gasteiger partial charge in [0.15, 0.2) is 0 Å². The number of carbonyl (C=O) groups is 1. The van der Waals surface area contributed by atoms with Crippen molar-refractivity contribution in [2.24, 2.45) is 5.73 Å². The zero-order chi connectivity index (χ0) is 13.9. The molecule has 0 saturated heterocycles. The SMILES string of the molecule is Cc1ccc(C(C)NC(C)C(N)=O)cc1[N+](=O)[O-]. The monoisotopic (exact) mass is 251 g/mol. The topological polar surface area (TPSA) is 98.3 Å². The number of nitro groups is 1. The molecule has 0 aromatic heterocycles. The number of primary amides is 1. The molecule has 0 saturated carbocycles. The first kappa shape index (κ1) is 14.1. The lowest BCUT2D eigenvalue weighted by atomic mass is 10.0. The Balaban J connectivity index is 2.93. The number of nitrogens with zero attached hydrogens (tertiary/aromatic N) is 1. The summed E-state index contributed by atoms with van der Waals surface area (Å²) in [4.78, 5) is 21.4. The van der Waals surface area contributed by atoms with Crippen molar-refractivity contribution in [2.45, 2.75) is 32.9 Å². The van der Waals surface area contributed by atoms with E-state index in [1.807, 2.05) is 6.92 Å². The average molecular weight is 251 g/mol. The van der Waals surface area contributed by atoms with E-state index < -0.39 is 16.9 Å². The molecule has 1 aromatic carbocycles. The van der Waals surface area contributed by atoms with Crippen molar-refractivity contribution >= 4 is 11.6 Å². The van der Waals surface area contributed by atoms with Crippen molar-refractivity contribution in [1.82, 2.24) is 5.32 Å². The van der Waals surface area contributed by atoms with Crippen LogP contribution in [0.2, 0.25) is 0 Å². The fourth-order valence-electron chi connectivity index (χ4n) is 1.65. The average Bonchev–Trinajstić information content (AvgIpc) is 2.28. The number of hydrogen-bond donors (Lipinski definition) is 2. The summed E-state index contributed by atoms with van der Waals surface area (Å²) in [7, 11) is 0. The fourth-order valence-corrected chi connectivity index (χ4v) is 1.65. The minimum Gasteiger partial charge on any atom is -0.368 e. The largest absolute Gasteiger partial charge is 0.368 e. The van der Waals surface area contributed by atoms with Crippen LogP contribution in [0.25, 0.3) is 0 Å². The van der Waals surface area contributed by atoms with Crippen LogP contribution >= 0.6 is 0 Å². The van der Waals surface area contributed by atoms with Crippen LogP contribution in [0.1, 0.15) is 31.0 Å². The summed E-state index contributed by atoms with van der Waals surface area (Å²) in [5.41, 5.74) is 6.59. The van der Waals surface area contributed by atoms with Crippen LogP contribution in [-0.4, -0.2) is 16.9 Å². The maximum Gasteiger partial charge on any atom is 0.272 e. The molecule has 0 bridgehead atoms. The Morgan fingerprint density at radius 1 is 1.44 bits per heavy atom. The van der Waals surface area contributed by atoms with Gasteiger partial charge >= 0.3 is 0 Å². The smallest absolute Gasteiger partial charge is 0.272 e. The molecule has 6 nitrogen and oxygen atoms in total. The Morgan fingerprint density at radius 2 is 2.06 bits per heavy atom. The second-order valence-electron chi connectivity index (χ2n) is 4.32. The van der Waals surface area contributed by atoms with E-state index in [0.717, 1.165) is 5.56 Å². The first-order chi connectivity index (χ1) is 8.32. The molecular weight excluding hydrogens is 234 g/mol. The highest BCUT2D eigenvalue weighted by Crippen LogP contribution is 2.23. The zero-order valence-electron chi connectivity index (χ0n) is 10.6. The number of nitrogens with one attached hydrogen (secondary N) is 1. The van der Waals surface area contributed by atoms with Gasteiger partial charge in [-0.15, -0.1) is 0 Å². The number of nitro benzene ring substituents is 1.